The maximum atomic E-state index is 13.6. The first-order valence-electron chi connectivity index (χ1n) is 6.03. The summed E-state index contributed by atoms with van der Waals surface area (Å²) in [5.41, 5.74) is 0.950. The van der Waals surface area contributed by atoms with E-state index >= 15 is 0 Å². The van der Waals surface area contributed by atoms with Crippen LogP contribution in [0.5, 0.6) is 0 Å². The fourth-order valence-electron chi connectivity index (χ4n) is 1.75. The number of sulfonamides is 1. The molecule has 0 spiro atoms. The van der Waals surface area contributed by atoms with Crippen molar-refractivity contribution in [1.82, 2.24) is 4.72 Å². The van der Waals surface area contributed by atoms with E-state index in [1.165, 1.54) is 11.3 Å². The highest BCUT2D eigenvalue weighted by atomic mass is 32.2. The van der Waals surface area contributed by atoms with Crippen LogP contribution in [0.15, 0.2) is 33.9 Å². The Morgan fingerprint density at radius 1 is 1.24 bits per heavy atom. The molecule has 0 saturated carbocycles. The second-order valence-electron chi connectivity index (χ2n) is 4.33. The predicted octanol–water partition coefficient (Wildman–Crippen LogP) is 2.04. The Bertz CT molecular complexity index is 715. The zero-order valence-electron chi connectivity index (χ0n) is 10.8. The van der Waals surface area contributed by atoms with Crippen LogP contribution in [0.4, 0.5) is 8.78 Å². The second-order valence-corrected chi connectivity index (χ2v) is 6.84. The standard InChI is InChI=1S/C13H13F2NO3S2/c14-11-5-10(7-17)6-12(13(11)15)21(18,19)16-3-1-9-2-4-20-8-9/h2,4-6,8,16-17H,1,3,7H2. The number of aliphatic hydroxyl groups is 1. The van der Waals surface area contributed by atoms with Gasteiger partial charge in [-0.3, -0.25) is 0 Å². The molecule has 21 heavy (non-hydrogen) atoms. The van der Waals surface area contributed by atoms with Gasteiger partial charge >= 0.3 is 0 Å². The van der Waals surface area contributed by atoms with E-state index < -0.39 is 33.2 Å². The van der Waals surface area contributed by atoms with E-state index in [1.54, 1.807) is 0 Å². The molecule has 114 valence electrons. The smallest absolute Gasteiger partial charge is 0.243 e. The molecule has 2 rings (SSSR count). The minimum atomic E-state index is -4.17. The van der Waals surface area contributed by atoms with Crippen molar-refractivity contribution in [2.75, 3.05) is 6.54 Å². The van der Waals surface area contributed by atoms with Crippen LogP contribution in [0.1, 0.15) is 11.1 Å². The summed E-state index contributed by atoms with van der Waals surface area (Å²) < 4.78 is 53.2. The van der Waals surface area contributed by atoms with Gasteiger partial charge in [0.25, 0.3) is 0 Å². The highest BCUT2D eigenvalue weighted by molar-refractivity contribution is 7.89. The zero-order chi connectivity index (χ0) is 15.5. The molecule has 4 nitrogen and oxygen atoms in total. The third-order valence-electron chi connectivity index (χ3n) is 2.81. The average molecular weight is 333 g/mol. The second kappa shape index (κ2) is 6.61. The van der Waals surface area contributed by atoms with E-state index in [4.69, 9.17) is 5.11 Å². The molecule has 0 radical (unpaired) electrons. The van der Waals surface area contributed by atoms with Gasteiger partial charge in [-0.2, -0.15) is 11.3 Å². The number of halogens is 2. The van der Waals surface area contributed by atoms with Crippen LogP contribution >= 0.6 is 11.3 Å². The molecular weight excluding hydrogens is 320 g/mol. The Hall–Kier alpha value is -1.35. The summed E-state index contributed by atoms with van der Waals surface area (Å²) in [5.74, 6) is -2.75. The lowest BCUT2D eigenvalue weighted by Crippen LogP contribution is -2.27. The van der Waals surface area contributed by atoms with Crippen molar-refractivity contribution in [3.63, 3.8) is 0 Å². The quantitative estimate of drug-likeness (QED) is 0.850. The SMILES string of the molecule is O=S(=O)(NCCc1ccsc1)c1cc(CO)cc(F)c1F. The molecule has 0 saturated heterocycles. The van der Waals surface area contributed by atoms with Gasteiger partial charge < -0.3 is 5.11 Å². The molecule has 2 N–H and O–H groups in total. The molecule has 0 amide bonds. The molecule has 1 heterocycles. The Labute approximate surface area is 125 Å². The minimum Gasteiger partial charge on any atom is -0.392 e. The van der Waals surface area contributed by atoms with E-state index in [2.05, 4.69) is 4.72 Å². The van der Waals surface area contributed by atoms with E-state index in [0.717, 1.165) is 17.7 Å². The van der Waals surface area contributed by atoms with Crippen LogP contribution in [0.25, 0.3) is 0 Å². The maximum Gasteiger partial charge on any atom is 0.243 e. The third kappa shape index (κ3) is 3.85. The summed E-state index contributed by atoms with van der Waals surface area (Å²) in [6.07, 6.45) is 0.451. The molecule has 0 unspecified atom stereocenters. The Morgan fingerprint density at radius 2 is 2.00 bits per heavy atom. The van der Waals surface area contributed by atoms with Gasteiger partial charge in [-0.1, -0.05) is 0 Å². The largest absolute Gasteiger partial charge is 0.392 e. The Balaban J connectivity index is 2.17. The maximum absolute atomic E-state index is 13.6. The number of benzene rings is 1. The lowest BCUT2D eigenvalue weighted by Gasteiger charge is -2.09. The summed E-state index contributed by atoms with van der Waals surface area (Å²) in [5, 5.41) is 12.7. The van der Waals surface area contributed by atoms with Gasteiger partial charge in [-0.05, 0) is 46.5 Å². The molecule has 0 atom stereocenters. The van der Waals surface area contributed by atoms with E-state index in [1.807, 2.05) is 16.8 Å². The van der Waals surface area contributed by atoms with Gasteiger partial charge in [0.1, 0.15) is 4.90 Å². The van der Waals surface area contributed by atoms with Crippen LogP contribution in [-0.2, 0) is 23.1 Å². The van der Waals surface area contributed by atoms with Crippen LogP contribution in [0.2, 0.25) is 0 Å². The van der Waals surface area contributed by atoms with Gasteiger partial charge in [-0.25, -0.2) is 21.9 Å². The lowest BCUT2D eigenvalue weighted by molar-refractivity contribution is 0.280. The van der Waals surface area contributed by atoms with Gasteiger partial charge in [0.15, 0.2) is 11.6 Å². The monoisotopic (exact) mass is 333 g/mol. The minimum absolute atomic E-state index is 0.00731. The molecule has 2 aromatic rings. The number of rotatable bonds is 6. The molecule has 1 aromatic heterocycles. The van der Waals surface area contributed by atoms with Gasteiger partial charge in [-0.15, -0.1) is 0 Å². The first-order chi connectivity index (χ1) is 9.94. The molecule has 0 aliphatic heterocycles. The number of thiophene rings is 1. The van der Waals surface area contributed by atoms with Crippen LogP contribution in [0, 0.1) is 11.6 Å². The number of hydrogen-bond acceptors (Lipinski definition) is 4. The highest BCUT2D eigenvalue weighted by Gasteiger charge is 2.22. The topological polar surface area (TPSA) is 66.4 Å². The third-order valence-corrected chi connectivity index (χ3v) is 5.00. The van der Waals surface area contributed by atoms with E-state index in [-0.39, 0.29) is 12.1 Å². The number of hydrogen-bond donors (Lipinski definition) is 2. The molecule has 0 bridgehead atoms. The molecule has 1 aromatic carbocycles. The number of aliphatic hydroxyl groups excluding tert-OH is 1. The van der Waals surface area contributed by atoms with Gasteiger partial charge in [0.2, 0.25) is 10.0 Å². The van der Waals surface area contributed by atoms with E-state index in [0.29, 0.717) is 6.42 Å². The van der Waals surface area contributed by atoms with Crippen LogP contribution < -0.4 is 4.72 Å². The van der Waals surface area contributed by atoms with Crippen molar-refractivity contribution < 1.29 is 22.3 Å². The van der Waals surface area contributed by atoms with Crippen LogP contribution in [0.3, 0.4) is 0 Å². The predicted molar refractivity (Wildman–Crippen MR) is 75.5 cm³/mol. The fourth-order valence-corrected chi connectivity index (χ4v) is 3.62. The summed E-state index contributed by atoms with van der Waals surface area (Å²) >= 11 is 1.49. The summed E-state index contributed by atoms with van der Waals surface area (Å²) in [7, 11) is -4.17. The van der Waals surface area contributed by atoms with Crippen molar-refractivity contribution in [2.24, 2.45) is 0 Å². The lowest BCUT2D eigenvalue weighted by atomic mass is 10.2. The molecular formula is C13H13F2NO3S2. The fraction of sp³-hybridized carbons (Fsp3) is 0.231. The van der Waals surface area contributed by atoms with Gasteiger partial charge in [0, 0.05) is 6.54 Å². The summed E-state index contributed by atoms with van der Waals surface area (Å²) in [6.45, 7) is -0.502. The van der Waals surface area contributed by atoms with E-state index in [9.17, 15) is 17.2 Å². The average Bonchev–Trinajstić information content (AvgIpc) is 2.94. The van der Waals surface area contributed by atoms with Crippen molar-refractivity contribution in [2.45, 2.75) is 17.9 Å². The zero-order valence-corrected chi connectivity index (χ0v) is 12.5. The first kappa shape index (κ1) is 16.0. The van der Waals surface area contributed by atoms with Crippen molar-refractivity contribution in [3.8, 4) is 0 Å². The highest BCUT2D eigenvalue weighted by Crippen LogP contribution is 2.20. The van der Waals surface area contributed by atoms with Crippen LogP contribution in [-0.4, -0.2) is 20.1 Å². The van der Waals surface area contributed by atoms with Crippen molar-refractivity contribution in [1.29, 1.82) is 0 Å². The normalized spacial score (nSPS) is 11.8. The molecule has 0 aliphatic carbocycles. The Morgan fingerprint density at radius 3 is 2.62 bits per heavy atom. The van der Waals surface area contributed by atoms with Gasteiger partial charge in [0.05, 0.1) is 6.61 Å². The van der Waals surface area contributed by atoms with Crippen molar-refractivity contribution >= 4 is 21.4 Å². The first-order valence-corrected chi connectivity index (χ1v) is 8.46. The molecule has 0 fully saturated rings. The molecule has 0 aliphatic rings. The summed E-state index contributed by atoms with van der Waals surface area (Å²) in [6, 6.07) is 3.54. The Kier molecular flexibility index (Phi) is 5.04. The van der Waals surface area contributed by atoms with Crippen molar-refractivity contribution in [3.05, 3.63) is 51.7 Å². The molecule has 8 heteroatoms. The summed E-state index contributed by atoms with van der Waals surface area (Å²) in [4.78, 5) is -0.795. The number of nitrogens with one attached hydrogen (secondary N) is 1.